The van der Waals surface area contributed by atoms with Gasteiger partial charge in [-0.1, -0.05) is 40.7 Å². The van der Waals surface area contributed by atoms with E-state index in [9.17, 15) is 14.0 Å². The summed E-state index contributed by atoms with van der Waals surface area (Å²) in [7, 11) is 3.75. The van der Waals surface area contributed by atoms with Gasteiger partial charge in [-0.3, -0.25) is 14.5 Å². The molecule has 44 heavy (non-hydrogen) atoms. The van der Waals surface area contributed by atoms with Gasteiger partial charge in [-0.2, -0.15) is 0 Å². The fourth-order valence-corrected chi connectivity index (χ4v) is 7.12. The third-order valence-corrected chi connectivity index (χ3v) is 9.76. The summed E-state index contributed by atoms with van der Waals surface area (Å²) >= 11 is 0. The number of hydrogen-bond donors (Lipinski definition) is 1. The second kappa shape index (κ2) is 14.8. The fourth-order valence-electron chi connectivity index (χ4n) is 7.12. The maximum atomic E-state index is 15.0. The Kier molecular flexibility index (Phi) is 12.9. The molecule has 9 heteroatoms. The van der Waals surface area contributed by atoms with Crippen molar-refractivity contribution in [3.8, 4) is 0 Å². The van der Waals surface area contributed by atoms with E-state index in [1.54, 1.807) is 0 Å². The minimum atomic E-state index is -0.611. The summed E-state index contributed by atoms with van der Waals surface area (Å²) in [5.74, 6) is -1.80. The molecule has 1 N–H and O–H groups in total. The van der Waals surface area contributed by atoms with Crippen LogP contribution in [0, 0.1) is 28.4 Å². The van der Waals surface area contributed by atoms with Crippen LogP contribution in [0.15, 0.2) is 18.2 Å². The summed E-state index contributed by atoms with van der Waals surface area (Å²) in [6.45, 7) is 20.5. The molecule has 2 heterocycles. The zero-order chi connectivity index (χ0) is 32.5. The summed E-state index contributed by atoms with van der Waals surface area (Å²) in [5.41, 5.74) is 0.0130. The topological polar surface area (TPSA) is 55.9 Å². The fraction of sp³-hybridized carbons (Fsp3) is 0.771. The average molecular weight is 641 g/mol. The molecular weight excluding hydrogens is 582 g/mol. The van der Waals surface area contributed by atoms with Crippen LogP contribution in [0.3, 0.4) is 0 Å². The molecule has 0 bridgehead atoms. The summed E-state index contributed by atoms with van der Waals surface area (Å²) in [6.07, 6.45) is 4.91. The number of nitrogens with zero attached hydrogens (tertiary/aromatic N) is 3. The minimum Gasteiger partial charge on any atom is -0.338 e. The van der Waals surface area contributed by atoms with Crippen molar-refractivity contribution < 1.29 is 18.4 Å². The molecule has 4 rings (SSSR count). The Morgan fingerprint density at radius 2 is 1.52 bits per heavy atom. The normalized spacial score (nSPS) is 26.1. The summed E-state index contributed by atoms with van der Waals surface area (Å²) < 4.78 is 28.8. The third kappa shape index (κ3) is 8.94. The van der Waals surface area contributed by atoms with Crippen molar-refractivity contribution in [3.63, 3.8) is 0 Å². The van der Waals surface area contributed by atoms with Gasteiger partial charge in [0, 0.05) is 54.7 Å². The number of carbonyl (C=O) groups is 2. The Hall–Kier alpha value is -1.77. The number of likely N-dealkylation sites (tertiary alicyclic amines) is 2. The summed E-state index contributed by atoms with van der Waals surface area (Å²) in [4.78, 5) is 34.5. The predicted octanol–water partition coefficient (Wildman–Crippen LogP) is 6.87. The number of hydrogen-bond acceptors (Lipinski definition) is 4. The molecule has 1 aliphatic carbocycles. The molecule has 252 valence electrons. The van der Waals surface area contributed by atoms with E-state index in [1.165, 1.54) is 12.1 Å². The molecule has 0 radical (unpaired) electrons. The van der Waals surface area contributed by atoms with Crippen LogP contribution < -0.4 is 5.32 Å². The van der Waals surface area contributed by atoms with Crippen LogP contribution in [-0.2, 0) is 9.59 Å². The second-order valence-electron chi connectivity index (χ2n) is 16.0. The standard InChI is InChI=1S/C33H51F2N3O2.C2H7N.ClH/c1-21-16-24(38(30(40)31(2,3)4)23-12-14-33(8,9)15-13-23)18-37(21)29(39)27-20-36(32(5,6)7)19-26(27)25-11-10-22(34)17-28(25)35;1-3-2;/h10-11,17,21,23-24,26-27H,12-16,18-20H2,1-9H3;3H,1-2H3;1H/t21-,24+,26+,27?;;/m1../s1. The van der Waals surface area contributed by atoms with Gasteiger partial charge in [-0.15, -0.1) is 12.4 Å². The van der Waals surface area contributed by atoms with Gasteiger partial charge in [0.05, 0.1) is 12.0 Å². The Balaban J connectivity index is 0.00000162. The van der Waals surface area contributed by atoms with Gasteiger partial charge in [0.15, 0.2) is 0 Å². The highest BCUT2D eigenvalue weighted by atomic mass is 35.5. The number of rotatable bonds is 4. The zero-order valence-electron chi connectivity index (χ0n) is 29.1. The highest BCUT2D eigenvalue weighted by Crippen LogP contribution is 2.42. The lowest BCUT2D eigenvalue weighted by Gasteiger charge is -2.45. The van der Waals surface area contributed by atoms with Gasteiger partial charge in [0.1, 0.15) is 11.6 Å². The molecule has 0 aromatic heterocycles. The SMILES string of the molecule is CNC.C[C@@H]1C[C@H](N(C(=O)C(C)(C)C)C2CCC(C)(C)CC2)CN1C(=O)C1CN(C(C)(C)C)C[C@H]1c1ccc(F)cc1F.Cl. The molecule has 3 fully saturated rings. The van der Waals surface area contributed by atoms with Crippen LogP contribution in [0.1, 0.15) is 106 Å². The molecule has 1 unspecified atom stereocenters. The van der Waals surface area contributed by atoms with Gasteiger partial charge < -0.3 is 15.1 Å². The Morgan fingerprint density at radius 3 is 2.02 bits per heavy atom. The number of benzene rings is 1. The van der Waals surface area contributed by atoms with E-state index < -0.39 is 23.0 Å². The first-order chi connectivity index (χ1) is 19.8. The third-order valence-electron chi connectivity index (χ3n) is 9.76. The Morgan fingerprint density at radius 1 is 0.955 bits per heavy atom. The predicted molar refractivity (Wildman–Crippen MR) is 178 cm³/mol. The number of nitrogens with one attached hydrogen (secondary N) is 1. The van der Waals surface area contributed by atoms with Crippen molar-refractivity contribution in [1.82, 2.24) is 20.0 Å². The van der Waals surface area contributed by atoms with Crippen molar-refractivity contribution >= 4 is 24.2 Å². The van der Waals surface area contributed by atoms with Crippen molar-refractivity contribution in [2.75, 3.05) is 33.7 Å². The van der Waals surface area contributed by atoms with Crippen molar-refractivity contribution in [2.24, 2.45) is 16.7 Å². The molecule has 1 aromatic rings. The van der Waals surface area contributed by atoms with Crippen molar-refractivity contribution in [1.29, 1.82) is 0 Å². The van der Waals surface area contributed by atoms with E-state index in [0.29, 0.717) is 30.6 Å². The van der Waals surface area contributed by atoms with Gasteiger partial charge >= 0.3 is 0 Å². The molecule has 2 saturated heterocycles. The molecule has 3 aliphatic rings. The van der Waals surface area contributed by atoms with Crippen molar-refractivity contribution in [2.45, 2.75) is 124 Å². The van der Waals surface area contributed by atoms with Gasteiger partial charge in [-0.25, -0.2) is 8.78 Å². The highest BCUT2D eigenvalue weighted by Gasteiger charge is 2.49. The molecule has 6 nitrogen and oxygen atoms in total. The first-order valence-electron chi connectivity index (χ1n) is 16.2. The lowest BCUT2D eigenvalue weighted by molar-refractivity contribution is -0.147. The number of carbonyl (C=O) groups excluding carboxylic acids is 2. The molecule has 1 saturated carbocycles. The zero-order valence-corrected chi connectivity index (χ0v) is 29.9. The van der Waals surface area contributed by atoms with Gasteiger partial charge in [0.25, 0.3) is 0 Å². The average Bonchev–Trinajstić information content (AvgIpc) is 3.49. The maximum Gasteiger partial charge on any atom is 0.228 e. The lowest BCUT2D eigenvalue weighted by Crippen LogP contribution is -2.54. The Bertz CT molecular complexity index is 1120. The molecule has 0 spiro atoms. The Labute approximate surface area is 272 Å². The summed E-state index contributed by atoms with van der Waals surface area (Å²) in [5, 5.41) is 2.75. The van der Waals surface area contributed by atoms with Crippen LogP contribution in [0.25, 0.3) is 0 Å². The lowest BCUT2D eigenvalue weighted by atomic mass is 9.74. The maximum absolute atomic E-state index is 15.0. The van der Waals surface area contributed by atoms with E-state index in [-0.39, 0.29) is 53.8 Å². The minimum absolute atomic E-state index is 0. The molecule has 1 aromatic carbocycles. The van der Waals surface area contributed by atoms with E-state index in [1.807, 2.05) is 39.8 Å². The van der Waals surface area contributed by atoms with Gasteiger partial charge in [0.2, 0.25) is 11.8 Å². The first kappa shape index (κ1) is 38.4. The van der Waals surface area contributed by atoms with Crippen LogP contribution in [0.5, 0.6) is 0 Å². The second-order valence-corrected chi connectivity index (χ2v) is 16.0. The molecule has 2 aliphatic heterocycles. The molecule has 4 atom stereocenters. The van der Waals surface area contributed by atoms with Crippen LogP contribution in [0.2, 0.25) is 0 Å². The van der Waals surface area contributed by atoms with E-state index in [4.69, 9.17) is 0 Å². The van der Waals surface area contributed by atoms with E-state index in [0.717, 1.165) is 38.2 Å². The monoisotopic (exact) mass is 640 g/mol. The molecule has 2 amide bonds. The largest absolute Gasteiger partial charge is 0.338 e. The quantitative estimate of drug-likeness (QED) is 0.390. The summed E-state index contributed by atoms with van der Waals surface area (Å²) in [6, 6.07) is 3.86. The smallest absolute Gasteiger partial charge is 0.228 e. The highest BCUT2D eigenvalue weighted by molar-refractivity contribution is 5.85. The first-order valence-corrected chi connectivity index (χ1v) is 16.2. The van der Waals surface area contributed by atoms with Crippen LogP contribution in [0.4, 0.5) is 8.78 Å². The molecular formula is C35H59ClF2N4O2. The van der Waals surface area contributed by atoms with Crippen LogP contribution >= 0.6 is 12.4 Å². The van der Waals surface area contributed by atoms with Crippen LogP contribution in [-0.4, -0.2) is 83.9 Å². The van der Waals surface area contributed by atoms with E-state index in [2.05, 4.69) is 56.7 Å². The number of amides is 2. The van der Waals surface area contributed by atoms with Gasteiger partial charge in [-0.05, 0) is 90.9 Å². The number of halogens is 3. The van der Waals surface area contributed by atoms with E-state index >= 15 is 4.39 Å². The van der Waals surface area contributed by atoms with Crippen molar-refractivity contribution in [3.05, 3.63) is 35.4 Å².